The number of imidazole rings is 1. The van der Waals surface area contributed by atoms with E-state index in [1.165, 1.54) is 21.5 Å². The van der Waals surface area contributed by atoms with E-state index in [0.29, 0.717) is 23.6 Å². The van der Waals surface area contributed by atoms with Crippen LogP contribution in [0.3, 0.4) is 0 Å². The fourth-order valence-corrected chi connectivity index (χ4v) is 9.27. The second kappa shape index (κ2) is 13.1. The maximum Gasteiger partial charge on any atom is 0.329 e. The number of para-hydroxylation sites is 1. The van der Waals surface area contributed by atoms with Crippen LogP contribution in [0.1, 0.15) is 85.9 Å². The largest absolute Gasteiger partial charge is 0.370 e. The number of carbonyl (C=O) groups excluding carboxylic acids is 3. The van der Waals surface area contributed by atoms with Crippen LogP contribution in [0.2, 0.25) is 0 Å². The maximum atomic E-state index is 14.1. The number of aryl methyl sites for hydroxylation is 1. The predicted molar refractivity (Wildman–Crippen MR) is 193 cm³/mol. The third kappa shape index (κ3) is 5.75. The highest BCUT2D eigenvalue weighted by Crippen LogP contribution is 2.48. The van der Waals surface area contributed by atoms with Crippen molar-refractivity contribution < 1.29 is 23.2 Å². The lowest BCUT2D eigenvalue weighted by Gasteiger charge is -2.57. The summed E-state index contributed by atoms with van der Waals surface area (Å²) in [6.07, 6.45) is 9.32. The Labute approximate surface area is 307 Å². The second-order valence-corrected chi connectivity index (χ2v) is 15.3. The molecule has 1 atom stereocenters. The zero-order chi connectivity index (χ0) is 37.3. The van der Waals surface area contributed by atoms with Crippen molar-refractivity contribution in [1.29, 1.82) is 0 Å². The molecule has 4 aliphatic rings. The van der Waals surface area contributed by atoms with Gasteiger partial charge < -0.3 is 10.2 Å². The van der Waals surface area contributed by atoms with Gasteiger partial charge in [-0.05, 0) is 68.6 Å². The summed E-state index contributed by atoms with van der Waals surface area (Å²) in [7, 11) is 1.74. The van der Waals surface area contributed by atoms with Crippen LogP contribution in [-0.4, -0.2) is 88.4 Å². The van der Waals surface area contributed by atoms with Crippen molar-refractivity contribution in [1.82, 2.24) is 43.7 Å². The van der Waals surface area contributed by atoms with Gasteiger partial charge in [0.2, 0.25) is 11.8 Å². The van der Waals surface area contributed by atoms with E-state index in [2.05, 4.69) is 35.6 Å². The van der Waals surface area contributed by atoms with Crippen molar-refractivity contribution >= 4 is 45.8 Å². The average molecular weight is 742 g/mol. The van der Waals surface area contributed by atoms with E-state index in [1.807, 2.05) is 18.2 Å². The molecule has 4 fully saturated rings. The summed E-state index contributed by atoms with van der Waals surface area (Å²) in [6, 6.07) is 7.22. The Kier molecular flexibility index (Phi) is 8.35. The molecule has 5 aromatic rings. The molecule has 7 heterocycles. The number of halogens is 2. The fourth-order valence-electron chi connectivity index (χ4n) is 9.27. The van der Waals surface area contributed by atoms with Crippen LogP contribution in [0.25, 0.3) is 16.7 Å². The third-order valence-electron chi connectivity index (χ3n) is 12.1. The first-order valence-electron chi connectivity index (χ1n) is 18.6. The molecule has 15 nitrogen and oxygen atoms in total. The summed E-state index contributed by atoms with van der Waals surface area (Å²) in [5.41, 5.74) is 2.48. The van der Waals surface area contributed by atoms with E-state index in [4.69, 9.17) is 0 Å². The SMILES string of the molecule is Cn1c(=O)n(C2CCC(=O)NC2=O)c2cccc(N3CCC(N4CC5(CCC(n6cc(NC(=O)c7cnn8cccnc78)c(C(F)F)n6)CC5)C4)CC3)c21. The van der Waals surface area contributed by atoms with E-state index in [-0.39, 0.29) is 40.7 Å². The molecule has 3 saturated heterocycles. The molecule has 4 aromatic heterocycles. The lowest BCUT2D eigenvalue weighted by atomic mass is 9.66. The number of hydrogen-bond donors (Lipinski definition) is 2. The minimum absolute atomic E-state index is 0.00271. The number of rotatable bonds is 7. The highest BCUT2D eigenvalue weighted by molar-refractivity contribution is 6.08. The Balaban J connectivity index is 0.813. The smallest absolute Gasteiger partial charge is 0.329 e. The van der Waals surface area contributed by atoms with Crippen molar-refractivity contribution in [3.63, 3.8) is 0 Å². The molecule has 1 saturated carbocycles. The van der Waals surface area contributed by atoms with Gasteiger partial charge in [0, 0.05) is 64.3 Å². The number of alkyl halides is 2. The van der Waals surface area contributed by atoms with Crippen molar-refractivity contribution in [2.45, 2.75) is 75.9 Å². The van der Waals surface area contributed by atoms with E-state index in [1.54, 1.807) is 34.8 Å². The van der Waals surface area contributed by atoms with Gasteiger partial charge in [-0.1, -0.05) is 6.07 Å². The minimum atomic E-state index is -2.84. The number of nitrogens with one attached hydrogen (secondary N) is 2. The molecule has 282 valence electrons. The molecule has 1 spiro atoms. The van der Waals surface area contributed by atoms with Crippen molar-refractivity contribution in [3.8, 4) is 0 Å². The zero-order valence-corrected chi connectivity index (χ0v) is 29.8. The molecule has 54 heavy (non-hydrogen) atoms. The van der Waals surface area contributed by atoms with Crippen LogP contribution >= 0.6 is 0 Å². The van der Waals surface area contributed by atoms with Gasteiger partial charge >= 0.3 is 5.69 Å². The van der Waals surface area contributed by atoms with Gasteiger partial charge in [0.15, 0.2) is 11.3 Å². The summed E-state index contributed by atoms with van der Waals surface area (Å²) >= 11 is 0. The quantitative estimate of drug-likeness (QED) is 0.237. The molecule has 1 unspecified atom stereocenters. The molecular formula is C37H41F2N11O4. The molecule has 1 aliphatic carbocycles. The average Bonchev–Trinajstić information content (AvgIpc) is 3.85. The Hall–Kier alpha value is -5.45. The molecule has 3 aliphatic heterocycles. The summed E-state index contributed by atoms with van der Waals surface area (Å²) in [5, 5.41) is 13.4. The van der Waals surface area contributed by atoms with Crippen LogP contribution < -0.4 is 21.2 Å². The number of likely N-dealkylation sites (tertiary alicyclic amines) is 1. The molecule has 2 N–H and O–H groups in total. The van der Waals surface area contributed by atoms with Crippen LogP contribution in [0.4, 0.5) is 20.2 Å². The number of piperidine rings is 2. The van der Waals surface area contributed by atoms with Crippen molar-refractivity contribution in [2.75, 3.05) is 36.4 Å². The molecule has 3 amide bonds. The number of hydrogen-bond acceptors (Lipinski definition) is 9. The van der Waals surface area contributed by atoms with Gasteiger partial charge in [0.25, 0.3) is 12.3 Å². The molecule has 0 radical (unpaired) electrons. The number of imide groups is 1. The van der Waals surface area contributed by atoms with Crippen LogP contribution in [0, 0.1) is 5.41 Å². The van der Waals surface area contributed by atoms with Crippen molar-refractivity contribution in [3.05, 3.63) is 70.8 Å². The minimum Gasteiger partial charge on any atom is -0.370 e. The number of benzene rings is 1. The van der Waals surface area contributed by atoms with Gasteiger partial charge in [0.05, 0.1) is 34.6 Å². The Morgan fingerprint density at radius 1 is 1.02 bits per heavy atom. The number of aromatic nitrogens is 7. The molecule has 0 bridgehead atoms. The highest BCUT2D eigenvalue weighted by atomic mass is 19.3. The number of fused-ring (bicyclic) bond motifs is 2. The molecule has 1 aromatic carbocycles. The standard InChI is InChI=1S/C37H41F2N11O4/c1-45-31-26(4-2-5-27(31)50(36(45)54)28-6-7-29(51)43-35(28)53)46-16-10-22(11-17-46)47-20-37(21-47)12-8-23(9-13-37)49-19-25(30(44-49)32(38)39)42-34(52)24-18-41-48-15-3-14-40-33(24)48/h2-5,14-15,18-19,22-23,28,32H,6-13,16-17,20-21H2,1H3,(H,42,52)(H,43,51,53). The molecule has 9 rings (SSSR count). The van der Waals surface area contributed by atoms with Gasteiger partial charge in [-0.25, -0.2) is 23.1 Å². The van der Waals surface area contributed by atoms with Gasteiger partial charge in [-0.15, -0.1) is 0 Å². The third-order valence-corrected chi connectivity index (χ3v) is 12.1. The van der Waals surface area contributed by atoms with E-state index in [0.717, 1.165) is 75.9 Å². The van der Waals surface area contributed by atoms with Crippen LogP contribution in [-0.2, 0) is 16.6 Å². The number of amides is 3. The first-order chi connectivity index (χ1) is 26.1. The van der Waals surface area contributed by atoms with Crippen LogP contribution in [0.15, 0.2) is 53.8 Å². The normalized spacial score (nSPS) is 21.3. The van der Waals surface area contributed by atoms with Crippen molar-refractivity contribution in [2.24, 2.45) is 12.5 Å². The van der Waals surface area contributed by atoms with Gasteiger partial charge in [-0.3, -0.25) is 38.4 Å². The Bertz CT molecular complexity index is 2340. The summed E-state index contributed by atoms with van der Waals surface area (Å²) < 4.78 is 34.4. The topological polar surface area (TPSA) is 157 Å². The number of carbonyl (C=O) groups is 3. The maximum absolute atomic E-state index is 14.1. The van der Waals surface area contributed by atoms with Gasteiger partial charge in [-0.2, -0.15) is 10.2 Å². The Morgan fingerprint density at radius 2 is 1.80 bits per heavy atom. The second-order valence-electron chi connectivity index (χ2n) is 15.3. The zero-order valence-electron chi connectivity index (χ0n) is 29.8. The fraction of sp³-hybridized carbons (Fsp3) is 0.486. The lowest BCUT2D eigenvalue weighted by molar-refractivity contribution is -0.135. The highest BCUT2D eigenvalue weighted by Gasteiger charge is 2.48. The van der Waals surface area contributed by atoms with Crippen LogP contribution in [0.5, 0.6) is 0 Å². The number of nitrogens with zero attached hydrogens (tertiary/aromatic N) is 9. The van der Waals surface area contributed by atoms with E-state index >= 15 is 0 Å². The van der Waals surface area contributed by atoms with Gasteiger partial charge in [0.1, 0.15) is 11.6 Å². The molecule has 17 heteroatoms. The number of anilines is 2. The summed E-state index contributed by atoms with van der Waals surface area (Å²) in [6.45, 7) is 3.71. The monoisotopic (exact) mass is 741 g/mol. The first-order valence-corrected chi connectivity index (χ1v) is 18.6. The van der Waals surface area contributed by atoms with E-state index in [9.17, 15) is 28.0 Å². The first kappa shape index (κ1) is 34.3. The lowest BCUT2D eigenvalue weighted by Crippen LogP contribution is -2.62. The summed E-state index contributed by atoms with van der Waals surface area (Å²) in [5.74, 6) is -1.32. The Morgan fingerprint density at radius 3 is 2.54 bits per heavy atom. The predicted octanol–water partition coefficient (Wildman–Crippen LogP) is 3.83. The molecular weight excluding hydrogens is 700 g/mol. The summed E-state index contributed by atoms with van der Waals surface area (Å²) in [4.78, 5) is 60.0. The van der Waals surface area contributed by atoms with E-state index < -0.39 is 30.0 Å².